The van der Waals surface area contributed by atoms with Gasteiger partial charge in [0.05, 0.1) is 6.20 Å². The molecule has 5 nitrogen and oxygen atoms in total. The third kappa shape index (κ3) is 4.50. The van der Waals surface area contributed by atoms with E-state index in [9.17, 15) is 13.2 Å². The van der Waals surface area contributed by atoms with Crippen LogP contribution in [0.2, 0.25) is 0 Å². The van der Waals surface area contributed by atoms with Gasteiger partial charge in [-0.2, -0.15) is 18.3 Å². The molecule has 1 aliphatic rings. The molecule has 0 amide bonds. The fourth-order valence-corrected chi connectivity index (χ4v) is 3.03. The summed E-state index contributed by atoms with van der Waals surface area (Å²) in [6.45, 7) is 6.76. The van der Waals surface area contributed by atoms with Crippen LogP contribution in [0.1, 0.15) is 24.6 Å². The molecule has 0 radical (unpaired) electrons. The maximum atomic E-state index is 12.9. The van der Waals surface area contributed by atoms with E-state index in [0.29, 0.717) is 18.9 Å². The molecule has 1 saturated heterocycles. The van der Waals surface area contributed by atoms with Gasteiger partial charge < -0.3 is 4.90 Å². The first kappa shape index (κ1) is 17.7. The molecular weight excluding hydrogens is 331 g/mol. The molecule has 0 aliphatic carbocycles. The van der Waals surface area contributed by atoms with E-state index in [0.717, 1.165) is 44.2 Å². The molecule has 136 valence electrons. The van der Waals surface area contributed by atoms with Crippen LogP contribution >= 0.6 is 0 Å². The van der Waals surface area contributed by atoms with Crippen LogP contribution in [0, 0.1) is 0 Å². The van der Waals surface area contributed by atoms with E-state index < -0.39 is 11.9 Å². The number of pyridine rings is 1. The van der Waals surface area contributed by atoms with Crippen molar-refractivity contribution in [1.82, 2.24) is 19.7 Å². The van der Waals surface area contributed by atoms with Crippen molar-refractivity contribution in [3.05, 3.63) is 41.9 Å². The molecule has 1 aliphatic heterocycles. The molecule has 1 fully saturated rings. The van der Waals surface area contributed by atoms with Gasteiger partial charge in [0.15, 0.2) is 0 Å². The predicted molar refractivity (Wildman–Crippen MR) is 89.2 cm³/mol. The molecule has 0 unspecified atom stereocenters. The Morgan fingerprint density at radius 3 is 2.68 bits per heavy atom. The van der Waals surface area contributed by atoms with Gasteiger partial charge >= 0.3 is 6.18 Å². The predicted octanol–water partition coefficient (Wildman–Crippen LogP) is 3.03. The molecule has 0 atom stereocenters. The summed E-state index contributed by atoms with van der Waals surface area (Å²) >= 11 is 0. The van der Waals surface area contributed by atoms with Gasteiger partial charge in [-0.05, 0) is 25.5 Å². The van der Waals surface area contributed by atoms with Crippen molar-refractivity contribution < 1.29 is 13.2 Å². The SMILES string of the molecule is CCn1cc(CN2CCCN(c3cccc(C(F)(F)F)n3)CC2)cn1. The molecular formula is C17H22F3N5. The lowest BCUT2D eigenvalue weighted by atomic mass is 10.3. The van der Waals surface area contributed by atoms with Crippen molar-refractivity contribution in [3.63, 3.8) is 0 Å². The van der Waals surface area contributed by atoms with Crippen LogP contribution in [0.4, 0.5) is 19.0 Å². The zero-order valence-electron chi connectivity index (χ0n) is 14.2. The highest BCUT2D eigenvalue weighted by molar-refractivity contribution is 5.40. The van der Waals surface area contributed by atoms with E-state index in [1.54, 1.807) is 6.07 Å². The highest BCUT2D eigenvalue weighted by Gasteiger charge is 2.33. The van der Waals surface area contributed by atoms with Crippen LogP contribution in [0.25, 0.3) is 0 Å². The Kier molecular flexibility index (Phi) is 5.27. The largest absolute Gasteiger partial charge is 0.433 e. The lowest BCUT2D eigenvalue weighted by Gasteiger charge is -2.23. The number of aryl methyl sites for hydroxylation is 1. The summed E-state index contributed by atoms with van der Waals surface area (Å²) in [5, 5.41) is 4.28. The number of aromatic nitrogens is 3. The maximum absolute atomic E-state index is 12.9. The molecule has 3 heterocycles. The Bertz CT molecular complexity index is 698. The zero-order valence-corrected chi connectivity index (χ0v) is 14.2. The van der Waals surface area contributed by atoms with Crippen molar-refractivity contribution in [2.45, 2.75) is 32.6 Å². The number of nitrogens with zero attached hydrogens (tertiary/aromatic N) is 5. The Labute approximate surface area is 145 Å². The van der Waals surface area contributed by atoms with E-state index in [2.05, 4.69) is 15.0 Å². The average Bonchev–Trinajstić information content (AvgIpc) is 2.91. The normalized spacial score (nSPS) is 16.9. The number of alkyl halides is 3. The van der Waals surface area contributed by atoms with Crippen molar-refractivity contribution >= 4 is 5.82 Å². The van der Waals surface area contributed by atoms with E-state index in [4.69, 9.17) is 0 Å². The second-order valence-corrected chi connectivity index (χ2v) is 6.20. The standard InChI is InChI=1S/C17H22F3N5/c1-2-25-13-14(11-21-25)12-23-7-4-8-24(10-9-23)16-6-3-5-15(22-16)17(18,19)20/h3,5-6,11,13H,2,4,7-10,12H2,1H3. The first-order chi connectivity index (χ1) is 12.0. The quantitative estimate of drug-likeness (QED) is 0.847. The van der Waals surface area contributed by atoms with Gasteiger partial charge in [0, 0.05) is 51.0 Å². The Morgan fingerprint density at radius 2 is 1.96 bits per heavy atom. The molecule has 0 aromatic carbocycles. The molecule has 2 aromatic rings. The minimum absolute atomic E-state index is 0.399. The summed E-state index contributed by atoms with van der Waals surface area (Å²) in [7, 11) is 0. The molecule has 0 saturated carbocycles. The van der Waals surface area contributed by atoms with Crippen LogP contribution in [0.5, 0.6) is 0 Å². The van der Waals surface area contributed by atoms with E-state index in [1.807, 2.05) is 28.9 Å². The highest BCUT2D eigenvalue weighted by Crippen LogP contribution is 2.29. The summed E-state index contributed by atoms with van der Waals surface area (Å²) in [6, 6.07) is 4.09. The number of hydrogen-bond acceptors (Lipinski definition) is 4. The Morgan fingerprint density at radius 1 is 1.12 bits per heavy atom. The highest BCUT2D eigenvalue weighted by atomic mass is 19.4. The van der Waals surface area contributed by atoms with E-state index in [1.165, 1.54) is 6.07 Å². The van der Waals surface area contributed by atoms with E-state index >= 15 is 0 Å². The zero-order chi connectivity index (χ0) is 17.9. The molecule has 0 spiro atoms. The van der Waals surface area contributed by atoms with Gasteiger partial charge in [0.1, 0.15) is 11.5 Å². The topological polar surface area (TPSA) is 37.2 Å². The summed E-state index contributed by atoms with van der Waals surface area (Å²) in [5.74, 6) is 0.399. The average molecular weight is 353 g/mol. The van der Waals surface area contributed by atoms with Crippen LogP contribution in [0.3, 0.4) is 0 Å². The summed E-state index contributed by atoms with van der Waals surface area (Å²) in [5.41, 5.74) is 0.325. The van der Waals surface area contributed by atoms with Gasteiger partial charge in [-0.3, -0.25) is 9.58 Å². The van der Waals surface area contributed by atoms with Crippen LogP contribution < -0.4 is 4.90 Å². The molecule has 8 heteroatoms. The number of anilines is 1. The number of halogens is 3. The lowest BCUT2D eigenvalue weighted by Crippen LogP contribution is -2.31. The molecule has 0 bridgehead atoms. The molecule has 3 rings (SSSR count). The fraction of sp³-hybridized carbons (Fsp3) is 0.529. The molecule has 0 N–H and O–H groups in total. The third-order valence-electron chi connectivity index (χ3n) is 4.35. The maximum Gasteiger partial charge on any atom is 0.433 e. The van der Waals surface area contributed by atoms with Gasteiger partial charge in [0.2, 0.25) is 0 Å². The van der Waals surface area contributed by atoms with Crippen LogP contribution in [-0.4, -0.2) is 45.8 Å². The van der Waals surface area contributed by atoms with Gasteiger partial charge in [-0.25, -0.2) is 4.98 Å². The molecule has 2 aromatic heterocycles. The van der Waals surface area contributed by atoms with Crippen LogP contribution in [-0.2, 0) is 19.3 Å². The second-order valence-electron chi connectivity index (χ2n) is 6.20. The first-order valence-electron chi connectivity index (χ1n) is 8.48. The van der Waals surface area contributed by atoms with Crippen LogP contribution in [0.15, 0.2) is 30.6 Å². The van der Waals surface area contributed by atoms with Gasteiger partial charge in [-0.1, -0.05) is 6.07 Å². The number of hydrogen-bond donors (Lipinski definition) is 0. The van der Waals surface area contributed by atoms with E-state index in [-0.39, 0.29) is 0 Å². The smallest absolute Gasteiger partial charge is 0.355 e. The van der Waals surface area contributed by atoms with Gasteiger partial charge in [0.25, 0.3) is 0 Å². The van der Waals surface area contributed by atoms with Crippen molar-refractivity contribution in [3.8, 4) is 0 Å². The monoisotopic (exact) mass is 353 g/mol. The third-order valence-corrected chi connectivity index (χ3v) is 4.35. The summed E-state index contributed by atoms with van der Waals surface area (Å²) in [4.78, 5) is 8.05. The lowest BCUT2D eigenvalue weighted by molar-refractivity contribution is -0.141. The van der Waals surface area contributed by atoms with Crippen molar-refractivity contribution in [1.29, 1.82) is 0 Å². The summed E-state index contributed by atoms with van der Waals surface area (Å²) < 4.78 is 40.5. The minimum atomic E-state index is -4.41. The molecule has 25 heavy (non-hydrogen) atoms. The van der Waals surface area contributed by atoms with Crippen molar-refractivity contribution in [2.75, 3.05) is 31.1 Å². The second kappa shape index (κ2) is 7.43. The minimum Gasteiger partial charge on any atom is -0.355 e. The van der Waals surface area contributed by atoms with Gasteiger partial charge in [-0.15, -0.1) is 0 Å². The van der Waals surface area contributed by atoms with Crippen molar-refractivity contribution in [2.24, 2.45) is 0 Å². The number of rotatable bonds is 4. The summed E-state index contributed by atoms with van der Waals surface area (Å²) in [6.07, 6.45) is 0.394. The Balaban J connectivity index is 1.63. The fourth-order valence-electron chi connectivity index (χ4n) is 3.03. The first-order valence-corrected chi connectivity index (χ1v) is 8.48. The Hall–Kier alpha value is -2.09.